The van der Waals surface area contributed by atoms with Crippen molar-refractivity contribution in [3.8, 4) is 16.3 Å². The molecule has 0 aliphatic carbocycles. The molecule has 1 aromatic carbocycles. The largest absolute Gasteiger partial charge is 0.492 e. The summed E-state index contributed by atoms with van der Waals surface area (Å²) in [5.74, 6) is 0.735. The molecular weight excluding hydrogens is 256 g/mol. The highest BCUT2D eigenvalue weighted by atomic mass is 32.1. The van der Waals surface area contributed by atoms with Gasteiger partial charge in [-0.3, -0.25) is 0 Å². The second-order valence-corrected chi connectivity index (χ2v) is 6.33. The summed E-state index contributed by atoms with van der Waals surface area (Å²) in [6.07, 6.45) is 0. The van der Waals surface area contributed by atoms with Crippen molar-refractivity contribution in [3.05, 3.63) is 29.3 Å². The fraction of sp³-hybridized carbons (Fsp3) is 0.400. The number of anilines is 1. The number of nitrogen functional groups attached to an aromatic ring is 1. The van der Waals surface area contributed by atoms with Crippen LogP contribution in [0.3, 0.4) is 0 Å². The van der Waals surface area contributed by atoms with E-state index in [9.17, 15) is 0 Å². The molecule has 1 aromatic heterocycles. The first-order valence-corrected chi connectivity index (χ1v) is 7.28. The molecule has 2 rings (SSSR count). The van der Waals surface area contributed by atoms with Crippen LogP contribution in [0.25, 0.3) is 10.6 Å². The Morgan fingerprint density at radius 3 is 2.58 bits per heavy atom. The van der Waals surface area contributed by atoms with Crippen molar-refractivity contribution in [1.82, 2.24) is 4.98 Å². The third-order valence-corrected chi connectivity index (χ3v) is 3.72. The lowest BCUT2D eigenvalue weighted by atomic mass is 9.93. The van der Waals surface area contributed by atoms with Crippen LogP contribution in [-0.2, 0) is 5.41 Å². The lowest BCUT2D eigenvalue weighted by Gasteiger charge is -2.14. The van der Waals surface area contributed by atoms with Gasteiger partial charge in [0.1, 0.15) is 10.8 Å². The van der Waals surface area contributed by atoms with E-state index in [0.29, 0.717) is 12.3 Å². The Bertz CT molecular complexity index is 570. The van der Waals surface area contributed by atoms with Crippen molar-refractivity contribution in [3.63, 3.8) is 0 Å². The second-order valence-electron chi connectivity index (χ2n) is 5.47. The third kappa shape index (κ3) is 3.07. The van der Waals surface area contributed by atoms with Crippen LogP contribution in [0.4, 0.5) is 5.69 Å². The number of rotatable bonds is 3. The molecule has 102 valence electrons. The van der Waals surface area contributed by atoms with Gasteiger partial charge in [0, 0.05) is 16.4 Å². The van der Waals surface area contributed by atoms with Gasteiger partial charge in [0.05, 0.1) is 18.0 Å². The number of nitrogens with zero attached hydrogens (tertiary/aromatic N) is 1. The minimum absolute atomic E-state index is 0.0750. The van der Waals surface area contributed by atoms with Gasteiger partial charge in [-0.25, -0.2) is 4.98 Å². The summed E-state index contributed by atoms with van der Waals surface area (Å²) in [5.41, 5.74) is 8.88. The first-order chi connectivity index (χ1) is 8.91. The van der Waals surface area contributed by atoms with Gasteiger partial charge >= 0.3 is 0 Å². The molecule has 4 heteroatoms. The molecule has 1 heterocycles. The van der Waals surface area contributed by atoms with E-state index in [4.69, 9.17) is 15.5 Å². The van der Waals surface area contributed by atoms with E-state index in [1.54, 1.807) is 11.3 Å². The van der Waals surface area contributed by atoms with Crippen LogP contribution >= 0.6 is 11.3 Å². The molecule has 2 aromatic rings. The van der Waals surface area contributed by atoms with Gasteiger partial charge in [0.2, 0.25) is 0 Å². The summed E-state index contributed by atoms with van der Waals surface area (Å²) < 4.78 is 5.44. The Hall–Kier alpha value is -1.55. The van der Waals surface area contributed by atoms with Crippen LogP contribution in [-0.4, -0.2) is 11.6 Å². The first-order valence-electron chi connectivity index (χ1n) is 6.40. The zero-order chi connectivity index (χ0) is 14.0. The van der Waals surface area contributed by atoms with Crippen molar-refractivity contribution in [1.29, 1.82) is 0 Å². The SMILES string of the molecule is CCOc1ccc(-c2nc(C(C)(C)C)cs2)cc1N. The average molecular weight is 276 g/mol. The predicted octanol–water partition coefficient (Wildman–Crippen LogP) is 4.09. The highest BCUT2D eigenvalue weighted by Crippen LogP contribution is 2.33. The normalized spacial score (nSPS) is 11.6. The molecule has 2 N–H and O–H groups in total. The number of hydrogen-bond donors (Lipinski definition) is 1. The molecule has 0 amide bonds. The van der Waals surface area contributed by atoms with Crippen molar-refractivity contribution in [2.75, 3.05) is 12.3 Å². The van der Waals surface area contributed by atoms with E-state index >= 15 is 0 Å². The van der Waals surface area contributed by atoms with E-state index in [1.165, 1.54) is 0 Å². The molecule has 0 atom stereocenters. The molecular formula is C15H20N2OS. The van der Waals surface area contributed by atoms with Crippen LogP contribution in [0.15, 0.2) is 23.6 Å². The Morgan fingerprint density at radius 1 is 1.32 bits per heavy atom. The maximum absolute atomic E-state index is 5.99. The minimum Gasteiger partial charge on any atom is -0.492 e. The van der Waals surface area contributed by atoms with Crippen LogP contribution in [0.5, 0.6) is 5.75 Å². The number of ether oxygens (including phenoxy) is 1. The predicted molar refractivity (Wildman–Crippen MR) is 81.8 cm³/mol. The number of benzene rings is 1. The van der Waals surface area contributed by atoms with E-state index in [0.717, 1.165) is 22.0 Å². The van der Waals surface area contributed by atoms with Gasteiger partial charge in [0.15, 0.2) is 0 Å². The maximum atomic E-state index is 5.99. The van der Waals surface area contributed by atoms with E-state index in [1.807, 2.05) is 25.1 Å². The molecule has 0 bridgehead atoms. The summed E-state index contributed by atoms with van der Waals surface area (Å²) in [6, 6.07) is 5.84. The molecule has 0 unspecified atom stereocenters. The first kappa shape index (κ1) is 13.9. The molecule has 0 radical (unpaired) electrons. The second kappa shape index (κ2) is 5.21. The zero-order valence-electron chi connectivity index (χ0n) is 11.9. The average Bonchev–Trinajstić information content (AvgIpc) is 2.81. The van der Waals surface area contributed by atoms with E-state index in [-0.39, 0.29) is 5.41 Å². The summed E-state index contributed by atoms with van der Waals surface area (Å²) in [6.45, 7) is 9.06. The molecule has 0 saturated carbocycles. The van der Waals surface area contributed by atoms with Gasteiger partial charge in [-0.1, -0.05) is 20.8 Å². The summed E-state index contributed by atoms with van der Waals surface area (Å²) in [4.78, 5) is 4.69. The summed E-state index contributed by atoms with van der Waals surface area (Å²) >= 11 is 1.65. The quantitative estimate of drug-likeness (QED) is 0.859. The van der Waals surface area contributed by atoms with Crippen molar-refractivity contribution in [2.45, 2.75) is 33.1 Å². The number of thiazole rings is 1. The molecule has 3 nitrogen and oxygen atoms in total. The van der Waals surface area contributed by atoms with Crippen molar-refractivity contribution >= 4 is 17.0 Å². The maximum Gasteiger partial charge on any atom is 0.142 e. The smallest absolute Gasteiger partial charge is 0.142 e. The Kier molecular flexibility index (Phi) is 3.80. The Morgan fingerprint density at radius 2 is 2.05 bits per heavy atom. The van der Waals surface area contributed by atoms with Crippen LogP contribution in [0, 0.1) is 0 Å². The van der Waals surface area contributed by atoms with Crippen LogP contribution in [0.2, 0.25) is 0 Å². The van der Waals surface area contributed by atoms with Gasteiger partial charge in [-0.05, 0) is 25.1 Å². The lowest BCUT2D eigenvalue weighted by molar-refractivity contribution is 0.342. The third-order valence-electron chi connectivity index (χ3n) is 2.83. The zero-order valence-corrected chi connectivity index (χ0v) is 12.7. The molecule has 0 fully saturated rings. The van der Waals surface area contributed by atoms with Crippen molar-refractivity contribution in [2.24, 2.45) is 0 Å². The van der Waals surface area contributed by atoms with Gasteiger partial charge in [-0.2, -0.15) is 0 Å². The highest BCUT2D eigenvalue weighted by Gasteiger charge is 2.18. The summed E-state index contributed by atoms with van der Waals surface area (Å²) in [5, 5.41) is 3.11. The molecule has 0 aliphatic rings. The van der Waals surface area contributed by atoms with Crippen LogP contribution < -0.4 is 10.5 Å². The Balaban J connectivity index is 2.32. The minimum atomic E-state index is 0.0750. The van der Waals surface area contributed by atoms with Crippen molar-refractivity contribution < 1.29 is 4.74 Å². The Labute approximate surface area is 118 Å². The van der Waals surface area contributed by atoms with E-state index in [2.05, 4.69) is 26.2 Å². The van der Waals surface area contributed by atoms with Gasteiger partial charge in [0.25, 0.3) is 0 Å². The van der Waals surface area contributed by atoms with Crippen LogP contribution in [0.1, 0.15) is 33.4 Å². The highest BCUT2D eigenvalue weighted by molar-refractivity contribution is 7.13. The molecule has 0 aliphatic heterocycles. The molecule has 19 heavy (non-hydrogen) atoms. The summed E-state index contributed by atoms with van der Waals surface area (Å²) in [7, 11) is 0. The number of nitrogens with two attached hydrogens (primary N) is 1. The van der Waals surface area contributed by atoms with Gasteiger partial charge in [-0.15, -0.1) is 11.3 Å². The van der Waals surface area contributed by atoms with Gasteiger partial charge < -0.3 is 10.5 Å². The monoisotopic (exact) mass is 276 g/mol. The van der Waals surface area contributed by atoms with E-state index < -0.39 is 0 Å². The number of aromatic nitrogens is 1. The lowest BCUT2D eigenvalue weighted by Crippen LogP contribution is -2.11. The molecule has 0 saturated heterocycles. The number of hydrogen-bond acceptors (Lipinski definition) is 4. The fourth-order valence-electron chi connectivity index (χ4n) is 1.72. The standard InChI is InChI=1S/C15H20N2OS/c1-5-18-12-7-6-10(8-11(12)16)14-17-13(9-19-14)15(2,3)4/h6-9H,5,16H2,1-4H3. The topological polar surface area (TPSA) is 48.1 Å². The fourth-order valence-corrected chi connectivity index (χ4v) is 2.76. The molecule has 0 spiro atoms.